The van der Waals surface area contributed by atoms with E-state index in [9.17, 15) is 4.79 Å². The zero-order chi connectivity index (χ0) is 16.0. The molecule has 0 amide bonds. The van der Waals surface area contributed by atoms with Crippen molar-refractivity contribution in [1.29, 1.82) is 0 Å². The molecule has 0 saturated heterocycles. The minimum absolute atomic E-state index is 0.136. The van der Waals surface area contributed by atoms with Gasteiger partial charge in [0, 0.05) is 33.8 Å². The largest absolute Gasteiger partial charge is 0.481 e. The predicted octanol–water partition coefficient (Wildman–Crippen LogP) is 2.76. The van der Waals surface area contributed by atoms with Crippen LogP contribution in [0.1, 0.15) is 18.9 Å². The molecule has 0 unspecified atom stereocenters. The SMILES string of the molecule is CCCc1c(OCC(=O)ON(C)C)ccc(Cl)c1N(C)C. The van der Waals surface area contributed by atoms with Crippen LogP contribution in [0.3, 0.4) is 0 Å². The van der Waals surface area contributed by atoms with Gasteiger partial charge in [-0.15, -0.1) is 5.06 Å². The van der Waals surface area contributed by atoms with Crippen molar-refractivity contribution >= 4 is 23.3 Å². The van der Waals surface area contributed by atoms with Crippen molar-refractivity contribution in [2.45, 2.75) is 19.8 Å². The molecule has 6 heteroatoms. The van der Waals surface area contributed by atoms with Crippen LogP contribution in [-0.2, 0) is 16.1 Å². The van der Waals surface area contributed by atoms with E-state index in [1.54, 1.807) is 26.2 Å². The summed E-state index contributed by atoms with van der Waals surface area (Å²) < 4.78 is 5.61. The summed E-state index contributed by atoms with van der Waals surface area (Å²) in [5.74, 6) is 0.226. The number of halogens is 1. The number of carbonyl (C=O) groups is 1. The zero-order valence-corrected chi connectivity index (χ0v) is 14.0. The Balaban J connectivity index is 2.96. The summed E-state index contributed by atoms with van der Waals surface area (Å²) in [5, 5.41) is 2.01. The number of hydrogen-bond donors (Lipinski definition) is 0. The van der Waals surface area contributed by atoms with Gasteiger partial charge in [0.15, 0.2) is 6.61 Å². The van der Waals surface area contributed by atoms with Gasteiger partial charge in [0.25, 0.3) is 0 Å². The molecule has 5 nitrogen and oxygen atoms in total. The Morgan fingerprint density at radius 1 is 1.24 bits per heavy atom. The topological polar surface area (TPSA) is 42.0 Å². The minimum Gasteiger partial charge on any atom is -0.481 e. The number of hydrogen-bond acceptors (Lipinski definition) is 5. The highest BCUT2D eigenvalue weighted by molar-refractivity contribution is 6.33. The molecule has 1 aromatic rings. The number of hydroxylamine groups is 2. The molecule has 0 N–H and O–H groups in total. The first-order chi connectivity index (χ1) is 9.86. The maximum atomic E-state index is 11.6. The van der Waals surface area contributed by atoms with Crippen LogP contribution in [0.5, 0.6) is 5.75 Å². The van der Waals surface area contributed by atoms with Crippen molar-refractivity contribution < 1.29 is 14.4 Å². The van der Waals surface area contributed by atoms with E-state index in [1.165, 1.54) is 5.06 Å². The van der Waals surface area contributed by atoms with Gasteiger partial charge >= 0.3 is 5.97 Å². The molecule has 0 aliphatic heterocycles. The molecule has 0 bridgehead atoms. The van der Waals surface area contributed by atoms with E-state index in [0.717, 1.165) is 24.1 Å². The molecule has 1 aromatic carbocycles. The van der Waals surface area contributed by atoms with E-state index in [4.69, 9.17) is 21.2 Å². The Bertz CT molecular complexity index is 490. The molecular formula is C15H23ClN2O3. The van der Waals surface area contributed by atoms with Gasteiger partial charge in [0.1, 0.15) is 5.75 Å². The third-order valence-electron chi connectivity index (χ3n) is 2.77. The van der Waals surface area contributed by atoms with Gasteiger partial charge < -0.3 is 14.5 Å². The highest BCUT2D eigenvalue weighted by Gasteiger charge is 2.16. The Hall–Kier alpha value is -1.46. The molecular weight excluding hydrogens is 292 g/mol. The van der Waals surface area contributed by atoms with Gasteiger partial charge in [-0.25, -0.2) is 4.79 Å². The predicted molar refractivity (Wildman–Crippen MR) is 85.0 cm³/mol. The molecule has 0 radical (unpaired) electrons. The fraction of sp³-hybridized carbons (Fsp3) is 0.533. The second kappa shape index (κ2) is 8.10. The van der Waals surface area contributed by atoms with Crippen molar-refractivity contribution in [2.75, 3.05) is 39.7 Å². The molecule has 0 heterocycles. The summed E-state index contributed by atoms with van der Waals surface area (Å²) >= 11 is 6.27. The Morgan fingerprint density at radius 3 is 2.43 bits per heavy atom. The third-order valence-corrected chi connectivity index (χ3v) is 3.07. The summed E-state index contributed by atoms with van der Waals surface area (Å²) in [6.07, 6.45) is 1.78. The number of benzene rings is 1. The lowest BCUT2D eigenvalue weighted by atomic mass is 10.1. The molecule has 118 valence electrons. The number of anilines is 1. The highest BCUT2D eigenvalue weighted by atomic mass is 35.5. The van der Waals surface area contributed by atoms with Crippen LogP contribution in [0.4, 0.5) is 5.69 Å². The van der Waals surface area contributed by atoms with Crippen molar-refractivity contribution in [3.63, 3.8) is 0 Å². The monoisotopic (exact) mass is 314 g/mol. The normalized spacial score (nSPS) is 10.6. The highest BCUT2D eigenvalue weighted by Crippen LogP contribution is 2.36. The number of ether oxygens (including phenoxy) is 1. The quantitative estimate of drug-likeness (QED) is 0.724. The average Bonchev–Trinajstić information content (AvgIpc) is 2.37. The van der Waals surface area contributed by atoms with Crippen LogP contribution < -0.4 is 9.64 Å². The maximum Gasteiger partial charge on any atom is 0.362 e. The molecule has 0 aliphatic carbocycles. The summed E-state index contributed by atoms with van der Waals surface area (Å²) in [7, 11) is 7.16. The molecule has 0 spiro atoms. The number of rotatable bonds is 7. The van der Waals surface area contributed by atoms with Crippen LogP contribution in [0.2, 0.25) is 5.02 Å². The fourth-order valence-corrected chi connectivity index (χ4v) is 2.41. The van der Waals surface area contributed by atoms with Gasteiger partial charge in [-0.05, 0) is 18.6 Å². The first kappa shape index (κ1) is 17.6. The van der Waals surface area contributed by atoms with Crippen LogP contribution in [0.25, 0.3) is 0 Å². The number of nitrogens with zero attached hydrogens (tertiary/aromatic N) is 2. The molecule has 21 heavy (non-hydrogen) atoms. The second-order valence-electron chi connectivity index (χ2n) is 5.08. The first-order valence-electron chi connectivity index (χ1n) is 6.86. The van der Waals surface area contributed by atoms with Gasteiger partial charge in [-0.3, -0.25) is 0 Å². The van der Waals surface area contributed by atoms with Crippen LogP contribution >= 0.6 is 11.6 Å². The van der Waals surface area contributed by atoms with Crippen molar-refractivity contribution in [2.24, 2.45) is 0 Å². The first-order valence-corrected chi connectivity index (χ1v) is 7.24. The number of carbonyl (C=O) groups excluding carboxylic acids is 1. The van der Waals surface area contributed by atoms with Gasteiger partial charge in [-0.1, -0.05) is 24.9 Å². The lowest BCUT2D eigenvalue weighted by Crippen LogP contribution is -2.23. The van der Waals surface area contributed by atoms with Crippen LogP contribution in [0, 0.1) is 0 Å². The van der Waals surface area contributed by atoms with E-state index in [2.05, 4.69) is 6.92 Å². The second-order valence-corrected chi connectivity index (χ2v) is 5.49. The molecule has 0 aliphatic rings. The summed E-state index contributed by atoms with van der Waals surface area (Å²) in [6, 6.07) is 3.58. The lowest BCUT2D eigenvalue weighted by Gasteiger charge is -2.22. The molecule has 0 atom stereocenters. The van der Waals surface area contributed by atoms with Crippen LogP contribution in [0.15, 0.2) is 12.1 Å². The zero-order valence-electron chi connectivity index (χ0n) is 13.3. The van der Waals surface area contributed by atoms with E-state index in [1.807, 2.05) is 19.0 Å². The molecule has 1 rings (SSSR count). The summed E-state index contributed by atoms with van der Waals surface area (Å²) in [5.41, 5.74) is 1.93. The fourth-order valence-electron chi connectivity index (χ4n) is 2.07. The smallest absolute Gasteiger partial charge is 0.362 e. The summed E-state index contributed by atoms with van der Waals surface area (Å²) in [6.45, 7) is 1.95. The Labute approximate surface area is 131 Å². The van der Waals surface area contributed by atoms with E-state index in [0.29, 0.717) is 10.8 Å². The maximum absolute atomic E-state index is 11.6. The van der Waals surface area contributed by atoms with Crippen LogP contribution in [-0.4, -0.2) is 45.8 Å². The van der Waals surface area contributed by atoms with Gasteiger partial charge in [0.05, 0.1) is 10.7 Å². The lowest BCUT2D eigenvalue weighted by molar-refractivity contribution is -0.180. The minimum atomic E-state index is -0.441. The van der Waals surface area contributed by atoms with Gasteiger partial charge in [0.2, 0.25) is 0 Å². The average molecular weight is 315 g/mol. The Morgan fingerprint density at radius 2 is 1.90 bits per heavy atom. The van der Waals surface area contributed by atoms with Crippen molar-refractivity contribution in [3.05, 3.63) is 22.7 Å². The van der Waals surface area contributed by atoms with Crippen molar-refractivity contribution in [1.82, 2.24) is 5.06 Å². The van der Waals surface area contributed by atoms with Gasteiger partial charge in [-0.2, -0.15) is 0 Å². The third kappa shape index (κ3) is 5.10. The van der Waals surface area contributed by atoms with E-state index in [-0.39, 0.29) is 6.61 Å². The molecule has 0 saturated carbocycles. The Kier molecular flexibility index (Phi) is 6.78. The molecule has 0 fully saturated rings. The molecule has 0 aromatic heterocycles. The van der Waals surface area contributed by atoms with E-state index >= 15 is 0 Å². The van der Waals surface area contributed by atoms with E-state index < -0.39 is 5.97 Å². The van der Waals surface area contributed by atoms with Crippen molar-refractivity contribution in [3.8, 4) is 5.75 Å². The standard InChI is InChI=1S/C15H23ClN2O3/c1-6-7-11-13(20-10-14(19)21-18(4)5)9-8-12(16)15(11)17(2)3/h8-9H,6-7,10H2,1-5H3. The summed E-state index contributed by atoms with van der Waals surface area (Å²) in [4.78, 5) is 18.4.